The van der Waals surface area contributed by atoms with Gasteiger partial charge in [0.2, 0.25) is 11.9 Å². The molecule has 0 aliphatic carbocycles. The molecule has 0 unspecified atom stereocenters. The maximum absolute atomic E-state index is 11.3. The number of ether oxygens (including phenoxy) is 1. The fourth-order valence-corrected chi connectivity index (χ4v) is 2.07. The summed E-state index contributed by atoms with van der Waals surface area (Å²) in [7, 11) is 0. The molecule has 7 heteroatoms. The van der Waals surface area contributed by atoms with E-state index in [0.29, 0.717) is 24.8 Å². The summed E-state index contributed by atoms with van der Waals surface area (Å²) in [4.78, 5) is 27.9. The molecule has 0 radical (unpaired) electrons. The number of carboxylic acids is 1. The molecule has 2 aliphatic heterocycles. The summed E-state index contributed by atoms with van der Waals surface area (Å²) in [5.74, 6) is -0.0451. The molecular formula is C12H11N3O4. The maximum atomic E-state index is 11.3. The molecule has 1 amide bonds. The van der Waals surface area contributed by atoms with Crippen molar-refractivity contribution >= 4 is 23.5 Å². The van der Waals surface area contributed by atoms with Gasteiger partial charge >= 0.3 is 5.97 Å². The fourth-order valence-electron chi connectivity index (χ4n) is 2.07. The van der Waals surface area contributed by atoms with E-state index in [1.807, 2.05) is 4.90 Å². The van der Waals surface area contributed by atoms with E-state index in [1.54, 1.807) is 18.2 Å². The summed E-state index contributed by atoms with van der Waals surface area (Å²) in [6.07, 6.45) is 0. The number of fused-ring (bicyclic) bond motifs is 2. The minimum absolute atomic E-state index is 0.0751. The Labute approximate surface area is 108 Å². The molecule has 98 valence electrons. The third-order valence-electron chi connectivity index (χ3n) is 2.89. The quantitative estimate of drug-likeness (QED) is 0.804. The van der Waals surface area contributed by atoms with Gasteiger partial charge in [-0.05, 0) is 18.2 Å². The first-order valence-corrected chi connectivity index (χ1v) is 5.73. The number of nitrogens with one attached hydrogen (secondary N) is 1. The van der Waals surface area contributed by atoms with Crippen LogP contribution in [0.3, 0.4) is 0 Å². The Bertz CT molecular complexity index is 597. The van der Waals surface area contributed by atoms with Gasteiger partial charge in [-0.3, -0.25) is 10.1 Å². The van der Waals surface area contributed by atoms with Crippen LogP contribution in [0.1, 0.15) is 5.56 Å². The van der Waals surface area contributed by atoms with Crippen LogP contribution in [0.2, 0.25) is 0 Å². The van der Waals surface area contributed by atoms with Crippen molar-refractivity contribution in [2.45, 2.75) is 6.54 Å². The Morgan fingerprint density at radius 3 is 3.11 bits per heavy atom. The highest BCUT2D eigenvalue weighted by Gasteiger charge is 2.29. The smallest absolute Gasteiger partial charge is 0.341 e. The first-order valence-electron chi connectivity index (χ1n) is 5.73. The number of aliphatic imine (C=N–C) groups is 1. The van der Waals surface area contributed by atoms with Gasteiger partial charge in [0.15, 0.2) is 6.61 Å². The predicted octanol–water partition coefficient (Wildman–Crippen LogP) is 0.0829. The summed E-state index contributed by atoms with van der Waals surface area (Å²) in [6.45, 7) is 0.465. The average Bonchev–Trinajstić information content (AvgIpc) is 2.72. The van der Waals surface area contributed by atoms with E-state index in [9.17, 15) is 9.59 Å². The third-order valence-corrected chi connectivity index (χ3v) is 2.89. The van der Waals surface area contributed by atoms with Gasteiger partial charge in [-0.25, -0.2) is 9.79 Å². The van der Waals surface area contributed by atoms with Gasteiger partial charge in [-0.2, -0.15) is 0 Å². The van der Waals surface area contributed by atoms with Crippen molar-refractivity contribution < 1.29 is 19.4 Å². The molecular weight excluding hydrogens is 250 g/mol. The lowest BCUT2D eigenvalue weighted by Crippen LogP contribution is -2.32. The highest BCUT2D eigenvalue weighted by atomic mass is 16.5. The number of guanidine groups is 1. The van der Waals surface area contributed by atoms with E-state index in [1.165, 1.54) is 0 Å². The molecule has 1 aromatic carbocycles. The van der Waals surface area contributed by atoms with Crippen LogP contribution >= 0.6 is 0 Å². The molecule has 19 heavy (non-hydrogen) atoms. The van der Waals surface area contributed by atoms with Crippen molar-refractivity contribution in [3.8, 4) is 5.75 Å². The van der Waals surface area contributed by atoms with Crippen molar-refractivity contribution in [1.29, 1.82) is 0 Å². The molecule has 2 N–H and O–H groups in total. The van der Waals surface area contributed by atoms with Crippen molar-refractivity contribution in [1.82, 2.24) is 10.2 Å². The second kappa shape index (κ2) is 4.27. The van der Waals surface area contributed by atoms with Gasteiger partial charge in [0.25, 0.3) is 0 Å². The first kappa shape index (κ1) is 11.5. The summed E-state index contributed by atoms with van der Waals surface area (Å²) >= 11 is 0. The number of carbonyl (C=O) groups is 2. The Morgan fingerprint density at radius 1 is 1.47 bits per heavy atom. The molecule has 0 bridgehead atoms. The van der Waals surface area contributed by atoms with Gasteiger partial charge in [0, 0.05) is 12.1 Å². The number of nitrogens with zero attached hydrogens (tertiary/aromatic N) is 2. The Kier molecular flexibility index (Phi) is 2.59. The number of carboxylic acid groups (broad SMARTS) is 1. The van der Waals surface area contributed by atoms with E-state index in [0.717, 1.165) is 11.3 Å². The van der Waals surface area contributed by atoms with Gasteiger partial charge in [0.1, 0.15) is 12.3 Å². The highest BCUT2D eigenvalue weighted by molar-refractivity contribution is 6.05. The molecule has 2 aliphatic rings. The van der Waals surface area contributed by atoms with Crippen LogP contribution in [0.15, 0.2) is 23.2 Å². The van der Waals surface area contributed by atoms with Crippen LogP contribution in [0, 0.1) is 0 Å². The Morgan fingerprint density at radius 2 is 2.32 bits per heavy atom. The minimum atomic E-state index is -1.02. The fraction of sp³-hybridized carbons (Fsp3) is 0.250. The zero-order valence-electron chi connectivity index (χ0n) is 9.92. The van der Waals surface area contributed by atoms with Gasteiger partial charge < -0.3 is 14.7 Å². The first-order chi connectivity index (χ1) is 9.11. The van der Waals surface area contributed by atoms with E-state index >= 15 is 0 Å². The molecule has 7 nitrogen and oxygen atoms in total. The lowest BCUT2D eigenvalue weighted by atomic mass is 10.1. The van der Waals surface area contributed by atoms with Gasteiger partial charge in [0.05, 0.1) is 5.69 Å². The monoisotopic (exact) mass is 261 g/mol. The van der Waals surface area contributed by atoms with Crippen LogP contribution in [0.5, 0.6) is 5.75 Å². The van der Waals surface area contributed by atoms with E-state index in [-0.39, 0.29) is 12.5 Å². The summed E-state index contributed by atoms with van der Waals surface area (Å²) in [5, 5.41) is 11.2. The van der Waals surface area contributed by atoms with Crippen molar-refractivity contribution in [2.75, 3.05) is 13.2 Å². The number of carbonyl (C=O) groups excluding carboxylic acids is 1. The zero-order chi connectivity index (χ0) is 13.4. The van der Waals surface area contributed by atoms with Crippen LogP contribution in [0.4, 0.5) is 5.69 Å². The molecule has 1 fully saturated rings. The topological polar surface area (TPSA) is 91.2 Å². The van der Waals surface area contributed by atoms with E-state index in [4.69, 9.17) is 9.84 Å². The largest absolute Gasteiger partial charge is 0.482 e. The predicted molar refractivity (Wildman–Crippen MR) is 65.2 cm³/mol. The van der Waals surface area contributed by atoms with E-state index < -0.39 is 5.97 Å². The minimum Gasteiger partial charge on any atom is -0.482 e. The summed E-state index contributed by atoms with van der Waals surface area (Å²) in [6, 6.07) is 5.17. The molecule has 1 aromatic rings. The molecule has 0 spiro atoms. The highest BCUT2D eigenvalue weighted by Crippen LogP contribution is 2.30. The molecule has 3 rings (SSSR count). The number of benzene rings is 1. The van der Waals surface area contributed by atoms with Gasteiger partial charge in [-0.1, -0.05) is 0 Å². The normalized spacial score (nSPS) is 16.3. The number of hydrogen-bond donors (Lipinski definition) is 2. The SMILES string of the molecule is O=C(O)COc1ccc2c(c1)CN1CC(=O)NC1=N2. The van der Waals surface area contributed by atoms with Crippen molar-refractivity contribution in [2.24, 2.45) is 4.99 Å². The van der Waals surface area contributed by atoms with E-state index in [2.05, 4.69) is 10.3 Å². The second-order valence-corrected chi connectivity index (χ2v) is 4.31. The zero-order valence-corrected chi connectivity index (χ0v) is 9.92. The lowest BCUT2D eigenvalue weighted by molar-refractivity contribution is -0.139. The van der Waals surface area contributed by atoms with Crippen LogP contribution in [-0.2, 0) is 16.1 Å². The van der Waals surface area contributed by atoms with Crippen molar-refractivity contribution in [3.05, 3.63) is 23.8 Å². The number of amides is 1. The summed E-state index contributed by atoms with van der Waals surface area (Å²) < 4.78 is 5.12. The lowest BCUT2D eigenvalue weighted by Gasteiger charge is -2.23. The average molecular weight is 261 g/mol. The standard InChI is InChI=1S/C12H11N3O4/c16-10-5-15-4-7-3-8(19-6-11(17)18)1-2-9(7)13-12(15)14-10/h1-3H,4-6H2,(H,17,18)(H,13,14,16). The molecule has 0 atom stereocenters. The maximum Gasteiger partial charge on any atom is 0.341 e. The molecule has 2 heterocycles. The van der Waals surface area contributed by atoms with Crippen LogP contribution < -0.4 is 10.1 Å². The number of aliphatic carboxylic acids is 1. The number of rotatable bonds is 3. The second-order valence-electron chi connectivity index (χ2n) is 4.31. The Hall–Kier alpha value is -2.57. The van der Waals surface area contributed by atoms with Crippen molar-refractivity contribution in [3.63, 3.8) is 0 Å². The van der Waals surface area contributed by atoms with Crippen LogP contribution in [-0.4, -0.2) is 41.0 Å². The Balaban J connectivity index is 1.83. The molecule has 0 saturated carbocycles. The molecule has 1 saturated heterocycles. The number of hydrogen-bond acceptors (Lipinski definition) is 5. The third kappa shape index (κ3) is 2.22. The van der Waals surface area contributed by atoms with Gasteiger partial charge in [-0.15, -0.1) is 0 Å². The molecule has 0 aromatic heterocycles. The summed E-state index contributed by atoms with van der Waals surface area (Å²) in [5.41, 5.74) is 1.67. The van der Waals surface area contributed by atoms with Crippen LogP contribution in [0.25, 0.3) is 0 Å².